The third-order valence-electron chi connectivity index (χ3n) is 2.12. The minimum Gasteiger partial charge on any atom is -0.498 e. The summed E-state index contributed by atoms with van der Waals surface area (Å²) >= 11 is 0. The van der Waals surface area contributed by atoms with Crippen molar-refractivity contribution < 1.29 is 4.74 Å². The first-order valence-corrected chi connectivity index (χ1v) is 3.77. The average molecular weight is 124 g/mol. The van der Waals surface area contributed by atoms with Crippen molar-refractivity contribution in [2.75, 3.05) is 0 Å². The maximum Gasteiger partial charge on any atom is 0.101 e. The lowest BCUT2D eigenvalue weighted by Gasteiger charge is -2.18. The van der Waals surface area contributed by atoms with Crippen LogP contribution in [0, 0.1) is 5.92 Å². The van der Waals surface area contributed by atoms with E-state index in [1.165, 1.54) is 25.7 Å². The van der Waals surface area contributed by atoms with Gasteiger partial charge in [-0.15, -0.1) is 0 Å². The van der Waals surface area contributed by atoms with E-state index in [9.17, 15) is 0 Å². The van der Waals surface area contributed by atoms with Gasteiger partial charge in [-0.05, 0) is 37.7 Å². The minimum atomic E-state index is 0.579. The molecule has 1 heterocycles. The van der Waals surface area contributed by atoms with Crippen molar-refractivity contribution in [3.63, 3.8) is 0 Å². The predicted molar refractivity (Wildman–Crippen MR) is 36.0 cm³/mol. The van der Waals surface area contributed by atoms with Gasteiger partial charge in [0.15, 0.2) is 0 Å². The molecule has 0 radical (unpaired) electrons. The molecule has 0 N–H and O–H groups in total. The van der Waals surface area contributed by atoms with E-state index >= 15 is 0 Å². The molecule has 0 bridgehead atoms. The fourth-order valence-corrected chi connectivity index (χ4v) is 1.37. The molecule has 1 fully saturated rings. The summed E-state index contributed by atoms with van der Waals surface area (Å²) in [7, 11) is 0. The molecule has 1 nitrogen and oxygen atoms in total. The van der Waals surface area contributed by atoms with Gasteiger partial charge < -0.3 is 4.74 Å². The second-order valence-electron chi connectivity index (χ2n) is 2.96. The Kier molecular flexibility index (Phi) is 1.22. The zero-order valence-corrected chi connectivity index (χ0v) is 5.55. The first kappa shape index (κ1) is 5.33. The van der Waals surface area contributed by atoms with Crippen molar-refractivity contribution in [2.24, 2.45) is 5.92 Å². The SMILES string of the molecule is C1=CO[C@H](C2CC2)CC1. The number of rotatable bonds is 1. The first-order valence-electron chi connectivity index (χ1n) is 3.77. The minimum absolute atomic E-state index is 0.579. The predicted octanol–water partition coefficient (Wildman–Crippen LogP) is 2.09. The first-order chi connectivity index (χ1) is 4.47. The maximum absolute atomic E-state index is 5.42. The quantitative estimate of drug-likeness (QED) is 0.520. The number of ether oxygens (including phenoxy) is 1. The van der Waals surface area contributed by atoms with Crippen molar-refractivity contribution >= 4 is 0 Å². The lowest BCUT2D eigenvalue weighted by molar-refractivity contribution is 0.104. The molecule has 1 saturated carbocycles. The van der Waals surface area contributed by atoms with Crippen LogP contribution in [0.1, 0.15) is 25.7 Å². The van der Waals surface area contributed by atoms with Crippen molar-refractivity contribution in [1.82, 2.24) is 0 Å². The third kappa shape index (κ3) is 1.09. The summed E-state index contributed by atoms with van der Waals surface area (Å²) in [6.07, 6.45) is 9.83. The van der Waals surface area contributed by atoms with Gasteiger partial charge in [0.05, 0.1) is 6.26 Å². The van der Waals surface area contributed by atoms with Crippen LogP contribution in [0.3, 0.4) is 0 Å². The molecule has 0 saturated heterocycles. The second-order valence-corrected chi connectivity index (χ2v) is 2.96. The summed E-state index contributed by atoms with van der Waals surface area (Å²) in [5.41, 5.74) is 0. The van der Waals surface area contributed by atoms with Gasteiger partial charge in [0.25, 0.3) is 0 Å². The third-order valence-corrected chi connectivity index (χ3v) is 2.12. The molecule has 0 aromatic carbocycles. The molecule has 9 heavy (non-hydrogen) atoms. The zero-order chi connectivity index (χ0) is 6.10. The van der Waals surface area contributed by atoms with E-state index in [0.717, 1.165) is 5.92 Å². The Morgan fingerprint density at radius 3 is 2.67 bits per heavy atom. The molecule has 0 unspecified atom stereocenters. The molecule has 0 aromatic heterocycles. The Morgan fingerprint density at radius 1 is 1.22 bits per heavy atom. The van der Waals surface area contributed by atoms with Crippen LogP contribution < -0.4 is 0 Å². The highest BCUT2D eigenvalue weighted by molar-refractivity contribution is 4.90. The van der Waals surface area contributed by atoms with Crippen LogP contribution in [0.15, 0.2) is 12.3 Å². The van der Waals surface area contributed by atoms with E-state index in [2.05, 4.69) is 6.08 Å². The van der Waals surface area contributed by atoms with Gasteiger partial charge >= 0.3 is 0 Å². The molecule has 1 atom stereocenters. The van der Waals surface area contributed by atoms with Gasteiger partial charge in [-0.25, -0.2) is 0 Å². The fraction of sp³-hybridized carbons (Fsp3) is 0.750. The van der Waals surface area contributed by atoms with Crippen LogP contribution in [-0.2, 0) is 4.74 Å². The van der Waals surface area contributed by atoms with Gasteiger partial charge in [0.1, 0.15) is 6.10 Å². The molecule has 1 aliphatic heterocycles. The van der Waals surface area contributed by atoms with E-state index in [1.807, 2.05) is 6.26 Å². The number of hydrogen-bond acceptors (Lipinski definition) is 1. The Labute approximate surface area is 55.7 Å². The van der Waals surface area contributed by atoms with Crippen molar-refractivity contribution in [1.29, 1.82) is 0 Å². The Hall–Kier alpha value is -0.460. The number of hydrogen-bond donors (Lipinski definition) is 0. The van der Waals surface area contributed by atoms with Crippen molar-refractivity contribution in [3.8, 4) is 0 Å². The highest BCUT2D eigenvalue weighted by Crippen LogP contribution is 2.37. The van der Waals surface area contributed by atoms with E-state index in [4.69, 9.17) is 4.74 Å². The van der Waals surface area contributed by atoms with Gasteiger partial charge in [-0.2, -0.15) is 0 Å². The molecular weight excluding hydrogens is 112 g/mol. The zero-order valence-electron chi connectivity index (χ0n) is 5.55. The fourth-order valence-electron chi connectivity index (χ4n) is 1.37. The van der Waals surface area contributed by atoms with Crippen molar-refractivity contribution in [3.05, 3.63) is 12.3 Å². The van der Waals surface area contributed by atoms with Crippen LogP contribution in [0.2, 0.25) is 0 Å². The largest absolute Gasteiger partial charge is 0.498 e. The second kappa shape index (κ2) is 2.05. The molecule has 2 rings (SSSR count). The van der Waals surface area contributed by atoms with E-state index < -0.39 is 0 Å². The summed E-state index contributed by atoms with van der Waals surface area (Å²) in [5.74, 6) is 0.912. The monoisotopic (exact) mass is 124 g/mol. The molecule has 50 valence electrons. The highest BCUT2D eigenvalue weighted by atomic mass is 16.5. The molecule has 2 aliphatic rings. The van der Waals surface area contributed by atoms with Crippen LogP contribution in [-0.4, -0.2) is 6.10 Å². The van der Waals surface area contributed by atoms with E-state index in [-0.39, 0.29) is 0 Å². The standard InChI is InChI=1S/C8H12O/c1-2-6-9-8(3-1)7-4-5-7/h2,6-8H,1,3-5H2/t8-/m0/s1. The Bertz CT molecular complexity index is 125. The Balaban J connectivity index is 1.89. The summed E-state index contributed by atoms with van der Waals surface area (Å²) in [5, 5.41) is 0. The Morgan fingerprint density at radius 2 is 2.11 bits per heavy atom. The van der Waals surface area contributed by atoms with Gasteiger partial charge in [-0.1, -0.05) is 0 Å². The summed E-state index contributed by atoms with van der Waals surface area (Å²) in [4.78, 5) is 0. The summed E-state index contributed by atoms with van der Waals surface area (Å²) < 4.78 is 5.42. The normalized spacial score (nSPS) is 34.0. The van der Waals surface area contributed by atoms with Crippen molar-refractivity contribution in [2.45, 2.75) is 31.8 Å². The molecule has 0 amide bonds. The van der Waals surface area contributed by atoms with E-state index in [0.29, 0.717) is 6.10 Å². The van der Waals surface area contributed by atoms with Crippen LogP contribution in [0.5, 0.6) is 0 Å². The summed E-state index contributed by atoms with van der Waals surface area (Å²) in [6, 6.07) is 0. The highest BCUT2D eigenvalue weighted by Gasteiger charge is 2.32. The van der Waals surface area contributed by atoms with Gasteiger partial charge in [0.2, 0.25) is 0 Å². The topological polar surface area (TPSA) is 9.23 Å². The van der Waals surface area contributed by atoms with Crippen LogP contribution >= 0.6 is 0 Å². The van der Waals surface area contributed by atoms with Gasteiger partial charge in [-0.3, -0.25) is 0 Å². The molecule has 1 heteroatoms. The smallest absolute Gasteiger partial charge is 0.101 e. The molecule has 0 aromatic rings. The lowest BCUT2D eigenvalue weighted by Crippen LogP contribution is -2.14. The molecule has 1 aliphatic carbocycles. The average Bonchev–Trinajstić information content (AvgIpc) is 2.71. The molecule has 0 spiro atoms. The molecular formula is C8H12O. The number of allylic oxidation sites excluding steroid dienone is 1. The van der Waals surface area contributed by atoms with E-state index in [1.54, 1.807) is 0 Å². The maximum atomic E-state index is 5.42. The summed E-state index contributed by atoms with van der Waals surface area (Å²) in [6.45, 7) is 0. The van der Waals surface area contributed by atoms with Gasteiger partial charge in [0, 0.05) is 0 Å². The van der Waals surface area contributed by atoms with Crippen LogP contribution in [0.4, 0.5) is 0 Å². The lowest BCUT2D eigenvalue weighted by atomic mass is 10.1. The van der Waals surface area contributed by atoms with Crippen LogP contribution in [0.25, 0.3) is 0 Å².